The quantitative estimate of drug-likeness (QED) is 0.655. The van der Waals surface area contributed by atoms with Gasteiger partial charge >= 0.3 is 0 Å². The van der Waals surface area contributed by atoms with E-state index in [4.69, 9.17) is 0 Å². The number of pyridine rings is 1. The molecule has 1 saturated carbocycles. The Kier molecular flexibility index (Phi) is 7.67. The summed E-state index contributed by atoms with van der Waals surface area (Å²) in [6, 6.07) is 10.9. The van der Waals surface area contributed by atoms with E-state index in [2.05, 4.69) is 48.5 Å². The lowest BCUT2D eigenvalue weighted by atomic mass is 9.87. The lowest BCUT2D eigenvalue weighted by molar-refractivity contribution is -0.128. The van der Waals surface area contributed by atoms with Crippen LogP contribution in [0.25, 0.3) is 0 Å². The summed E-state index contributed by atoms with van der Waals surface area (Å²) in [7, 11) is 0. The first-order valence-electron chi connectivity index (χ1n) is 12.7. The van der Waals surface area contributed by atoms with Crippen LogP contribution in [-0.2, 0) is 15.0 Å². The van der Waals surface area contributed by atoms with Crippen molar-refractivity contribution in [2.45, 2.75) is 89.3 Å². The van der Waals surface area contributed by atoms with E-state index in [9.17, 15) is 9.59 Å². The zero-order valence-electron chi connectivity index (χ0n) is 20.7. The third-order valence-electron chi connectivity index (χ3n) is 7.07. The Morgan fingerprint density at radius 1 is 1.03 bits per heavy atom. The number of anilines is 1. The van der Waals surface area contributed by atoms with Crippen LogP contribution in [0.3, 0.4) is 0 Å². The maximum absolute atomic E-state index is 13.9. The number of nitrogens with one attached hydrogen (secondary N) is 2. The zero-order valence-corrected chi connectivity index (χ0v) is 20.7. The van der Waals surface area contributed by atoms with Crippen LogP contribution >= 0.6 is 0 Å². The van der Waals surface area contributed by atoms with Gasteiger partial charge in [0.15, 0.2) is 0 Å². The number of aromatic nitrogens is 1. The number of hydrogen-bond donors (Lipinski definition) is 2. The molecule has 0 spiro atoms. The molecular weight excluding hydrogens is 424 g/mol. The molecule has 0 unspecified atom stereocenters. The molecule has 0 radical (unpaired) electrons. The Morgan fingerprint density at radius 3 is 2.35 bits per heavy atom. The molecule has 1 aromatic carbocycles. The first-order valence-corrected chi connectivity index (χ1v) is 12.7. The molecule has 2 heterocycles. The molecule has 2 aliphatic rings. The predicted octanol–water partition coefficient (Wildman–Crippen LogP) is 4.65. The van der Waals surface area contributed by atoms with Crippen molar-refractivity contribution in [3.8, 4) is 0 Å². The second-order valence-corrected chi connectivity index (χ2v) is 10.7. The molecule has 182 valence electrons. The Labute approximate surface area is 203 Å². The lowest BCUT2D eigenvalue weighted by Crippen LogP contribution is -2.51. The molecular formula is C28H38N4O2. The van der Waals surface area contributed by atoms with Crippen LogP contribution in [0.4, 0.5) is 5.69 Å². The number of carbonyl (C=O) groups is 2. The summed E-state index contributed by atoms with van der Waals surface area (Å²) in [4.78, 5) is 33.7. The molecule has 1 aliphatic heterocycles. The van der Waals surface area contributed by atoms with Crippen LogP contribution in [0, 0.1) is 0 Å². The number of rotatable bonds is 6. The topological polar surface area (TPSA) is 74.3 Å². The van der Waals surface area contributed by atoms with Crippen molar-refractivity contribution in [1.29, 1.82) is 0 Å². The van der Waals surface area contributed by atoms with Crippen LogP contribution in [0.5, 0.6) is 0 Å². The van der Waals surface area contributed by atoms with Crippen molar-refractivity contribution in [2.24, 2.45) is 0 Å². The standard InChI is InChI=1S/C28H38N4O2/c1-28(2,3)21-13-15-23(16-14-21)32(27(34)24-12-8-18-30-24)25(20-9-7-17-29-19-20)26(33)31-22-10-5-4-6-11-22/h7,9,13-17,19,22,24-25,30H,4-6,8,10-12,18H2,1-3H3,(H,31,33)/t24-,25+/m0/s1. The summed E-state index contributed by atoms with van der Waals surface area (Å²) < 4.78 is 0. The fraction of sp³-hybridized carbons (Fsp3) is 0.536. The fourth-order valence-corrected chi connectivity index (χ4v) is 5.07. The number of benzene rings is 1. The van der Waals surface area contributed by atoms with Gasteiger partial charge < -0.3 is 10.6 Å². The fourth-order valence-electron chi connectivity index (χ4n) is 5.07. The van der Waals surface area contributed by atoms with E-state index in [1.807, 2.05) is 24.3 Å². The monoisotopic (exact) mass is 462 g/mol. The number of carbonyl (C=O) groups excluding carboxylic acids is 2. The molecule has 34 heavy (non-hydrogen) atoms. The normalized spacial score (nSPS) is 20.0. The van der Waals surface area contributed by atoms with Crippen molar-refractivity contribution in [3.63, 3.8) is 0 Å². The highest BCUT2D eigenvalue weighted by Gasteiger charge is 2.38. The molecule has 1 aliphatic carbocycles. The molecule has 2 aromatic rings. The minimum atomic E-state index is -0.772. The van der Waals surface area contributed by atoms with Gasteiger partial charge in [-0.05, 0) is 61.4 Å². The first kappa shape index (κ1) is 24.4. The molecule has 2 N–H and O–H groups in total. The van der Waals surface area contributed by atoms with Gasteiger partial charge in [-0.2, -0.15) is 0 Å². The highest BCUT2D eigenvalue weighted by atomic mass is 16.2. The summed E-state index contributed by atoms with van der Waals surface area (Å²) in [5.74, 6) is -0.195. The Balaban J connectivity index is 1.73. The van der Waals surface area contributed by atoms with E-state index in [0.29, 0.717) is 0 Å². The van der Waals surface area contributed by atoms with Gasteiger partial charge in [0.05, 0.1) is 6.04 Å². The Bertz CT molecular complexity index is 956. The van der Waals surface area contributed by atoms with Gasteiger partial charge in [-0.1, -0.05) is 58.2 Å². The molecule has 4 rings (SSSR count). The van der Waals surface area contributed by atoms with Crippen LogP contribution < -0.4 is 15.5 Å². The highest BCUT2D eigenvalue weighted by Crippen LogP contribution is 2.32. The van der Waals surface area contributed by atoms with Crippen molar-refractivity contribution < 1.29 is 9.59 Å². The minimum absolute atomic E-state index is 0.00147. The van der Waals surface area contributed by atoms with Gasteiger partial charge in [-0.15, -0.1) is 0 Å². The third kappa shape index (κ3) is 5.66. The van der Waals surface area contributed by atoms with Gasteiger partial charge in [0.2, 0.25) is 11.8 Å². The second-order valence-electron chi connectivity index (χ2n) is 10.7. The second kappa shape index (κ2) is 10.7. The maximum atomic E-state index is 13.9. The minimum Gasteiger partial charge on any atom is -0.351 e. The number of amides is 2. The van der Waals surface area contributed by atoms with Gasteiger partial charge in [-0.3, -0.25) is 19.5 Å². The molecule has 6 heteroatoms. The van der Waals surface area contributed by atoms with E-state index >= 15 is 0 Å². The molecule has 1 saturated heterocycles. The lowest BCUT2D eigenvalue weighted by Gasteiger charge is -2.35. The summed E-state index contributed by atoms with van der Waals surface area (Å²) in [6.07, 6.45) is 10.6. The summed E-state index contributed by atoms with van der Waals surface area (Å²) >= 11 is 0. The largest absolute Gasteiger partial charge is 0.351 e. The first-order chi connectivity index (χ1) is 16.3. The molecule has 1 aromatic heterocycles. The van der Waals surface area contributed by atoms with Gasteiger partial charge in [0.1, 0.15) is 6.04 Å². The van der Waals surface area contributed by atoms with Gasteiger partial charge in [0.25, 0.3) is 0 Å². The average Bonchev–Trinajstić information content (AvgIpc) is 3.38. The van der Waals surface area contributed by atoms with Crippen molar-refractivity contribution in [2.75, 3.05) is 11.4 Å². The van der Waals surface area contributed by atoms with E-state index < -0.39 is 6.04 Å². The molecule has 2 atom stereocenters. The van der Waals surface area contributed by atoms with Crippen molar-refractivity contribution >= 4 is 17.5 Å². The van der Waals surface area contributed by atoms with Crippen LogP contribution in [0.15, 0.2) is 48.8 Å². The van der Waals surface area contributed by atoms with Crippen LogP contribution in [-0.4, -0.2) is 35.4 Å². The van der Waals surface area contributed by atoms with E-state index in [0.717, 1.165) is 56.3 Å². The van der Waals surface area contributed by atoms with Gasteiger partial charge in [0, 0.05) is 29.7 Å². The van der Waals surface area contributed by atoms with E-state index in [1.165, 1.54) is 12.0 Å². The van der Waals surface area contributed by atoms with E-state index in [1.54, 1.807) is 17.3 Å². The third-order valence-corrected chi connectivity index (χ3v) is 7.07. The molecule has 2 fully saturated rings. The SMILES string of the molecule is CC(C)(C)c1ccc(N(C(=O)[C@@H]2CCCN2)[C@@H](C(=O)NC2CCCCC2)c2cccnc2)cc1. The van der Waals surface area contributed by atoms with E-state index in [-0.39, 0.29) is 29.3 Å². The van der Waals surface area contributed by atoms with Crippen molar-refractivity contribution in [3.05, 3.63) is 59.9 Å². The summed E-state index contributed by atoms with van der Waals surface area (Å²) in [5, 5.41) is 6.60. The highest BCUT2D eigenvalue weighted by molar-refractivity contribution is 6.03. The zero-order chi connectivity index (χ0) is 24.1. The average molecular weight is 463 g/mol. The Hall–Kier alpha value is -2.73. The molecule has 2 amide bonds. The van der Waals surface area contributed by atoms with Crippen molar-refractivity contribution in [1.82, 2.24) is 15.6 Å². The number of nitrogens with zero attached hydrogens (tertiary/aromatic N) is 2. The predicted molar refractivity (Wildman–Crippen MR) is 136 cm³/mol. The summed E-state index contributed by atoms with van der Waals surface area (Å²) in [5.41, 5.74) is 2.65. The smallest absolute Gasteiger partial charge is 0.248 e. The van der Waals surface area contributed by atoms with Crippen LogP contribution in [0.1, 0.15) is 82.9 Å². The number of hydrogen-bond acceptors (Lipinski definition) is 4. The van der Waals surface area contributed by atoms with Crippen LogP contribution in [0.2, 0.25) is 0 Å². The molecule has 6 nitrogen and oxygen atoms in total. The Morgan fingerprint density at radius 2 is 1.76 bits per heavy atom. The van der Waals surface area contributed by atoms with Gasteiger partial charge in [-0.25, -0.2) is 0 Å². The maximum Gasteiger partial charge on any atom is 0.248 e. The molecule has 0 bridgehead atoms. The summed E-state index contributed by atoms with van der Waals surface area (Å²) in [6.45, 7) is 7.33.